The molecular weight excluding hydrogens is 499 g/mol. The Morgan fingerprint density at radius 3 is 2.31 bits per heavy atom. The number of aromatic nitrogens is 1. The van der Waals surface area contributed by atoms with E-state index in [9.17, 15) is 4.79 Å². The van der Waals surface area contributed by atoms with Gasteiger partial charge in [0.25, 0.3) is 5.91 Å². The van der Waals surface area contributed by atoms with Crippen LogP contribution in [0.3, 0.4) is 0 Å². The number of methoxy groups -OCH3 is 1. The van der Waals surface area contributed by atoms with Gasteiger partial charge in [-0.3, -0.25) is 9.69 Å². The predicted molar refractivity (Wildman–Crippen MR) is 149 cm³/mol. The molecule has 0 unspecified atom stereocenters. The third-order valence-corrected chi connectivity index (χ3v) is 6.27. The van der Waals surface area contributed by atoms with Gasteiger partial charge in [-0.05, 0) is 43.3 Å². The number of carbonyl (C=O) groups excluding carboxylic acids is 1. The molecule has 0 spiro atoms. The number of benzene rings is 2. The first-order valence-electron chi connectivity index (χ1n) is 11.9. The van der Waals surface area contributed by atoms with Crippen LogP contribution in [0, 0.1) is 0 Å². The van der Waals surface area contributed by atoms with E-state index in [0.717, 1.165) is 61.9 Å². The summed E-state index contributed by atoms with van der Waals surface area (Å²) in [5.74, 6) is 1.72. The highest BCUT2D eigenvalue weighted by molar-refractivity contribution is 5.92. The van der Waals surface area contributed by atoms with Crippen molar-refractivity contribution in [2.75, 3.05) is 51.3 Å². The topological polar surface area (TPSA) is 59.0 Å². The number of halogens is 2. The van der Waals surface area contributed by atoms with Gasteiger partial charge in [-0.25, -0.2) is 0 Å². The molecule has 1 amide bonds. The molecule has 196 valence electrons. The van der Waals surface area contributed by atoms with E-state index in [2.05, 4.69) is 27.2 Å². The first kappa shape index (κ1) is 29.4. The Morgan fingerprint density at radius 2 is 1.61 bits per heavy atom. The van der Waals surface area contributed by atoms with Gasteiger partial charge >= 0.3 is 0 Å². The second kappa shape index (κ2) is 14.6. The molecule has 0 aliphatic carbocycles. The fourth-order valence-corrected chi connectivity index (χ4v) is 4.32. The number of carbonyl (C=O) groups is 1. The molecule has 1 aliphatic heterocycles. The molecule has 1 fully saturated rings. The van der Waals surface area contributed by atoms with Crippen molar-refractivity contribution in [3.8, 4) is 11.5 Å². The van der Waals surface area contributed by atoms with E-state index in [1.807, 2.05) is 66.3 Å². The van der Waals surface area contributed by atoms with Crippen LogP contribution in [0.4, 0.5) is 5.69 Å². The molecule has 7 nitrogen and oxygen atoms in total. The number of anilines is 1. The van der Waals surface area contributed by atoms with E-state index in [1.54, 1.807) is 7.11 Å². The SMILES string of the molecule is COc1ccccc1COc1ccccc1N1CCN(CCCNC(=O)c2cccn2C)CC1.Cl.Cl. The molecule has 9 heteroatoms. The molecule has 36 heavy (non-hydrogen) atoms. The van der Waals surface area contributed by atoms with Crippen molar-refractivity contribution in [2.45, 2.75) is 13.0 Å². The van der Waals surface area contributed by atoms with Crippen molar-refractivity contribution in [3.63, 3.8) is 0 Å². The molecule has 3 aromatic rings. The van der Waals surface area contributed by atoms with Crippen LogP contribution in [-0.4, -0.2) is 61.8 Å². The third-order valence-electron chi connectivity index (χ3n) is 6.27. The molecule has 0 bridgehead atoms. The molecule has 1 saturated heterocycles. The lowest BCUT2D eigenvalue weighted by Crippen LogP contribution is -2.47. The molecular formula is C27H36Cl2N4O3. The van der Waals surface area contributed by atoms with Gasteiger partial charge in [-0.1, -0.05) is 30.3 Å². The van der Waals surface area contributed by atoms with Gasteiger partial charge in [0.05, 0.1) is 12.8 Å². The van der Waals surface area contributed by atoms with E-state index in [0.29, 0.717) is 18.8 Å². The number of nitrogens with one attached hydrogen (secondary N) is 1. The zero-order valence-corrected chi connectivity index (χ0v) is 22.5. The molecule has 4 rings (SSSR count). The zero-order valence-electron chi connectivity index (χ0n) is 20.9. The summed E-state index contributed by atoms with van der Waals surface area (Å²) in [6, 6.07) is 19.9. The molecule has 2 aromatic carbocycles. The minimum absolute atomic E-state index is 0. The Hall–Kier alpha value is -2.87. The highest BCUT2D eigenvalue weighted by Crippen LogP contribution is 2.30. The summed E-state index contributed by atoms with van der Waals surface area (Å²) in [7, 11) is 3.57. The smallest absolute Gasteiger partial charge is 0.267 e. The van der Waals surface area contributed by atoms with E-state index >= 15 is 0 Å². The fraction of sp³-hybridized carbons (Fsp3) is 0.370. The number of para-hydroxylation sites is 3. The summed E-state index contributed by atoms with van der Waals surface area (Å²) >= 11 is 0. The van der Waals surface area contributed by atoms with Gasteiger partial charge < -0.3 is 24.3 Å². The summed E-state index contributed by atoms with van der Waals surface area (Å²) in [4.78, 5) is 17.1. The number of nitrogens with zero attached hydrogens (tertiary/aromatic N) is 3. The molecule has 0 radical (unpaired) electrons. The van der Waals surface area contributed by atoms with Crippen LogP contribution < -0.4 is 19.7 Å². The minimum atomic E-state index is -0.0120. The van der Waals surface area contributed by atoms with Gasteiger partial charge in [0.2, 0.25) is 0 Å². The van der Waals surface area contributed by atoms with Crippen LogP contribution in [0.1, 0.15) is 22.5 Å². The molecule has 1 aromatic heterocycles. The number of ether oxygens (including phenoxy) is 2. The van der Waals surface area contributed by atoms with Crippen molar-refractivity contribution < 1.29 is 14.3 Å². The monoisotopic (exact) mass is 534 g/mol. The molecule has 2 heterocycles. The van der Waals surface area contributed by atoms with Crippen LogP contribution in [-0.2, 0) is 13.7 Å². The Bertz CT molecular complexity index is 1080. The van der Waals surface area contributed by atoms with E-state index < -0.39 is 0 Å². The molecule has 0 atom stereocenters. The third kappa shape index (κ3) is 7.56. The summed E-state index contributed by atoms with van der Waals surface area (Å²) in [5.41, 5.74) is 2.86. The normalized spacial score (nSPS) is 13.3. The van der Waals surface area contributed by atoms with Crippen LogP contribution >= 0.6 is 24.8 Å². The maximum Gasteiger partial charge on any atom is 0.267 e. The minimum Gasteiger partial charge on any atom is -0.496 e. The van der Waals surface area contributed by atoms with Crippen LogP contribution in [0.5, 0.6) is 11.5 Å². The highest BCUT2D eigenvalue weighted by atomic mass is 35.5. The number of hydrogen-bond donors (Lipinski definition) is 1. The number of rotatable bonds is 10. The zero-order chi connectivity index (χ0) is 23.8. The van der Waals surface area contributed by atoms with E-state index in [-0.39, 0.29) is 30.7 Å². The lowest BCUT2D eigenvalue weighted by atomic mass is 10.2. The van der Waals surface area contributed by atoms with E-state index in [1.165, 1.54) is 0 Å². The number of hydrogen-bond acceptors (Lipinski definition) is 5. The maximum atomic E-state index is 12.2. The lowest BCUT2D eigenvalue weighted by Gasteiger charge is -2.36. The summed E-state index contributed by atoms with van der Waals surface area (Å²) in [6.07, 6.45) is 2.82. The Kier molecular flexibility index (Phi) is 11.9. The van der Waals surface area contributed by atoms with Gasteiger partial charge in [0.1, 0.15) is 23.8 Å². The highest BCUT2D eigenvalue weighted by Gasteiger charge is 2.20. The van der Waals surface area contributed by atoms with Crippen molar-refractivity contribution >= 4 is 36.4 Å². The maximum absolute atomic E-state index is 12.2. The largest absolute Gasteiger partial charge is 0.496 e. The summed E-state index contributed by atoms with van der Waals surface area (Å²) < 4.78 is 13.5. The average Bonchev–Trinajstić information content (AvgIpc) is 3.32. The number of piperazine rings is 1. The molecule has 1 N–H and O–H groups in total. The van der Waals surface area contributed by atoms with Gasteiger partial charge in [-0.2, -0.15) is 0 Å². The fourth-order valence-electron chi connectivity index (χ4n) is 4.32. The van der Waals surface area contributed by atoms with Gasteiger partial charge in [0.15, 0.2) is 0 Å². The summed E-state index contributed by atoms with van der Waals surface area (Å²) in [6.45, 7) is 6.02. The Labute approximate surface area is 226 Å². The predicted octanol–water partition coefficient (Wildman–Crippen LogP) is 4.40. The van der Waals surface area contributed by atoms with Crippen molar-refractivity contribution in [1.82, 2.24) is 14.8 Å². The quantitative estimate of drug-likeness (QED) is 0.390. The van der Waals surface area contributed by atoms with Crippen molar-refractivity contribution in [2.24, 2.45) is 7.05 Å². The van der Waals surface area contributed by atoms with Crippen LogP contribution in [0.15, 0.2) is 66.9 Å². The number of aryl methyl sites for hydroxylation is 1. The first-order chi connectivity index (χ1) is 16.7. The van der Waals surface area contributed by atoms with Gasteiger partial charge in [0, 0.05) is 51.5 Å². The summed E-state index contributed by atoms with van der Waals surface area (Å²) in [5, 5.41) is 3.02. The van der Waals surface area contributed by atoms with Crippen molar-refractivity contribution in [3.05, 3.63) is 78.1 Å². The lowest BCUT2D eigenvalue weighted by molar-refractivity contribution is 0.0943. The van der Waals surface area contributed by atoms with Crippen molar-refractivity contribution in [1.29, 1.82) is 0 Å². The van der Waals surface area contributed by atoms with E-state index in [4.69, 9.17) is 9.47 Å². The number of amides is 1. The Balaban J connectivity index is 0.00000228. The standard InChI is InChI=1S/C27H34N4O3.2ClH/c1-29-15-7-11-24(29)27(32)28-14-8-16-30-17-19-31(20-18-30)23-10-4-6-13-26(23)34-21-22-9-3-5-12-25(22)33-2;;/h3-7,9-13,15H,8,14,16-21H2,1-2H3,(H,28,32);2*1H. The first-order valence-corrected chi connectivity index (χ1v) is 11.9. The molecule has 0 saturated carbocycles. The van der Waals surface area contributed by atoms with Crippen LogP contribution in [0.2, 0.25) is 0 Å². The molecule has 1 aliphatic rings. The Morgan fingerprint density at radius 1 is 0.917 bits per heavy atom. The average molecular weight is 536 g/mol. The van der Waals surface area contributed by atoms with Crippen LogP contribution in [0.25, 0.3) is 0 Å². The second-order valence-corrected chi connectivity index (χ2v) is 8.51. The second-order valence-electron chi connectivity index (χ2n) is 8.51. The van der Waals surface area contributed by atoms with Gasteiger partial charge in [-0.15, -0.1) is 24.8 Å².